The Hall–Kier alpha value is -3.06. The van der Waals surface area contributed by atoms with Crippen molar-refractivity contribution in [2.24, 2.45) is 5.92 Å². The van der Waals surface area contributed by atoms with Crippen LogP contribution in [0.1, 0.15) is 57.4 Å². The highest BCUT2D eigenvalue weighted by Gasteiger charge is 2.35. The Balaban J connectivity index is 2.42. The number of hydrogen-bond donors (Lipinski definition) is 2. The van der Waals surface area contributed by atoms with Gasteiger partial charge in [-0.2, -0.15) is 0 Å². The molecule has 2 atom stereocenters. The molecule has 2 N–H and O–H groups in total. The van der Waals surface area contributed by atoms with Crippen LogP contribution in [0.3, 0.4) is 0 Å². The zero-order valence-electron chi connectivity index (χ0n) is 21.7. The van der Waals surface area contributed by atoms with Crippen molar-refractivity contribution in [2.45, 2.75) is 66.2 Å². The lowest BCUT2D eigenvalue weighted by molar-refractivity contribution is -0.140. The number of rotatable bonds is 7. The fourth-order valence-electron chi connectivity index (χ4n) is 3.67. The SMILES string of the molecule is Cc1cccc(C(C(=O)Nc2c(C)cccc2Cl)N(C)C(=O)C(NC(=O)OC(C)(C)C)C(C)C)c1. The molecule has 0 radical (unpaired) electrons. The average molecular weight is 502 g/mol. The van der Waals surface area contributed by atoms with E-state index in [2.05, 4.69) is 10.6 Å². The maximum atomic E-state index is 13.6. The van der Waals surface area contributed by atoms with Gasteiger partial charge in [0.1, 0.15) is 17.7 Å². The summed E-state index contributed by atoms with van der Waals surface area (Å²) in [5.74, 6) is -1.07. The van der Waals surface area contributed by atoms with E-state index in [-0.39, 0.29) is 5.92 Å². The van der Waals surface area contributed by atoms with Gasteiger partial charge in [-0.3, -0.25) is 9.59 Å². The molecule has 2 aromatic rings. The lowest BCUT2D eigenvalue weighted by atomic mass is 9.98. The number of benzene rings is 2. The van der Waals surface area contributed by atoms with Crippen molar-refractivity contribution in [2.75, 3.05) is 12.4 Å². The number of halogens is 1. The van der Waals surface area contributed by atoms with Gasteiger partial charge in [0.25, 0.3) is 5.91 Å². The zero-order chi connectivity index (χ0) is 26.5. The van der Waals surface area contributed by atoms with Crippen LogP contribution >= 0.6 is 11.6 Å². The van der Waals surface area contributed by atoms with Crippen LogP contribution in [0, 0.1) is 19.8 Å². The van der Waals surface area contributed by atoms with E-state index in [1.54, 1.807) is 46.0 Å². The Morgan fingerprint density at radius 1 is 1.03 bits per heavy atom. The monoisotopic (exact) mass is 501 g/mol. The highest BCUT2D eigenvalue weighted by atomic mass is 35.5. The molecule has 2 unspecified atom stereocenters. The standard InChI is InChI=1S/C27H36ClN3O4/c1-16(2)21(30-26(34)35-27(5,6)7)25(33)31(8)23(19-13-9-11-17(3)15-19)24(32)29-22-18(4)12-10-14-20(22)28/h9-16,21,23H,1-8H3,(H,29,32)(H,30,34). The van der Waals surface area contributed by atoms with Crippen molar-refractivity contribution in [3.8, 4) is 0 Å². The number of anilines is 1. The second kappa shape index (κ2) is 11.6. The number of nitrogens with zero attached hydrogens (tertiary/aromatic N) is 1. The summed E-state index contributed by atoms with van der Waals surface area (Å²) in [5, 5.41) is 5.97. The second-order valence-electron chi connectivity index (χ2n) is 10.1. The van der Waals surface area contributed by atoms with Crippen LogP contribution in [0.5, 0.6) is 0 Å². The number of amides is 3. The number of carbonyl (C=O) groups excluding carboxylic acids is 3. The number of hydrogen-bond acceptors (Lipinski definition) is 4. The number of alkyl carbamates (subject to hydrolysis) is 1. The third kappa shape index (κ3) is 7.72. The van der Waals surface area contributed by atoms with E-state index in [1.165, 1.54) is 4.90 Å². The molecular formula is C27H36ClN3O4. The zero-order valence-corrected chi connectivity index (χ0v) is 22.5. The molecule has 0 saturated carbocycles. The summed E-state index contributed by atoms with van der Waals surface area (Å²) in [5.41, 5.74) is 2.17. The molecule has 0 aliphatic rings. The van der Waals surface area contributed by atoms with Gasteiger partial charge in [-0.25, -0.2) is 4.79 Å². The molecule has 0 bridgehead atoms. The van der Waals surface area contributed by atoms with Crippen LogP contribution < -0.4 is 10.6 Å². The van der Waals surface area contributed by atoms with E-state index in [4.69, 9.17) is 16.3 Å². The fraction of sp³-hybridized carbons (Fsp3) is 0.444. The third-order valence-corrected chi connectivity index (χ3v) is 5.73. The molecule has 7 nitrogen and oxygen atoms in total. The van der Waals surface area contributed by atoms with Crippen molar-refractivity contribution < 1.29 is 19.1 Å². The van der Waals surface area contributed by atoms with E-state index >= 15 is 0 Å². The van der Waals surface area contributed by atoms with Gasteiger partial charge >= 0.3 is 6.09 Å². The highest BCUT2D eigenvalue weighted by molar-refractivity contribution is 6.34. The fourth-order valence-corrected chi connectivity index (χ4v) is 3.94. The van der Waals surface area contributed by atoms with Crippen molar-refractivity contribution in [1.29, 1.82) is 0 Å². The number of carbonyl (C=O) groups is 3. The summed E-state index contributed by atoms with van der Waals surface area (Å²) < 4.78 is 5.35. The van der Waals surface area contributed by atoms with Crippen LogP contribution in [0.4, 0.5) is 10.5 Å². The summed E-state index contributed by atoms with van der Waals surface area (Å²) in [6.07, 6.45) is -0.693. The van der Waals surface area contributed by atoms with Crippen LogP contribution in [0.15, 0.2) is 42.5 Å². The normalized spacial score (nSPS) is 13.1. The van der Waals surface area contributed by atoms with Gasteiger partial charge in [-0.15, -0.1) is 0 Å². The first kappa shape index (κ1) is 28.2. The van der Waals surface area contributed by atoms with Gasteiger partial charge in [-0.05, 0) is 57.7 Å². The summed E-state index contributed by atoms with van der Waals surface area (Å²) in [6.45, 7) is 12.7. The number of para-hydroxylation sites is 1. The summed E-state index contributed by atoms with van der Waals surface area (Å²) in [6, 6.07) is 10.9. The Morgan fingerprint density at radius 3 is 2.20 bits per heavy atom. The van der Waals surface area contributed by atoms with E-state index in [0.29, 0.717) is 16.3 Å². The lowest BCUT2D eigenvalue weighted by Crippen LogP contribution is -2.53. The van der Waals surface area contributed by atoms with Gasteiger partial charge in [0.2, 0.25) is 5.91 Å². The molecule has 3 amide bonds. The van der Waals surface area contributed by atoms with Crippen LogP contribution in [0.2, 0.25) is 5.02 Å². The molecule has 0 fully saturated rings. The molecule has 0 aliphatic heterocycles. The first-order chi connectivity index (χ1) is 16.2. The molecule has 8 heteroatoms. The van der Waals surface area contributed by atoms with Gasteiger partial charge in [0, 0.05) is 7.05 Å². The number of ether oxygens (including phenoxy) is 1. The maximum Gasteiger partial charge on any atom is 0.408 e. The average Bonchev–Trinajstić information content (AvgIpc) is 2.73. The van der Waals surface area contributed by atoms with Crippen LogP contribution in [-0.2, 0) is 14.3 Å². The van der Waals surface area contributed by atoms with Crippen LogP contribution in [0.25, 0.3) is 0 Å². The third-order valence-electron chi connectivity index (χ3n) is 5.42. The lowest BCUT2D eigenvalue weighted by Gasteiger charge is -2.33. The minimum atomic E-state index is -0.959. The molecule has 35 heavy (non-hydrogen) atoms. The van der Waals surface area contributed by atoms with Gasteiger partial charge in [0.15, 0.2) is 0 Å². The van der Waals surface area contributed by atoms with Gasteiger partial charge in [0.05, 0.1) is 10.7 Å². The first-order valence-electron chi connectivity index (χ1n) is 11.6. The van der Waals surface area contributed by atoms with E-state index in [0.717, 1.165) is 11.1 Å². The van der Waals surface area contributed by atoms with Crippen molar-refractivity contribution >= 4 is 35.2 Å². The summed E-state index contributed by atoms with van der Waals surface area (Å²) in [4.78, 5) is 41.0. The molecular weight excluding hydrogens is 466 g/mol. The van der Waals surface area contributed by atoms with Crippen molar-refractivity contribution in [3.63, 3.8) is 0 Å². The highest BCUT2D eigenvalue weighted by Crippen LogP contribution is 2.29. The number of likely N-dealkylation sites (N-methyl/N-ethyl adjacent to an activating group) is 1. The quantitative estimate of drug-likeness (QED) is 0.513. The second-order valence-corrected chi connectivity index (χ2v) is 10.5. The molecule has 190 valence electrons. The number of nitrogens with one attached hydrogen (secondary N) is 2. The Labute approximate surface area is 213 Å². The molecule has 0 saturated heterocycles. The summed E-state index contributed by atoms with van der Waals surface area (Å²) in [7, 11) is 1.56. The largest absolute Gasteiger partial charge is 0.444 e. The van der Waals surface area contributed by atoms with E-state index in [9.17, 15) is 14.4 Å². The predicted octanol–water partition coefficient (Wildman–Crippen LogP) is 5.64. The molecule has 0 aromatic heterocycles. The van der Waals surface area contributed by atoms with Gasteiger partial charge < -0.3 is 20.3 Å². The van der Waals surface area contributed by atoms with Crippen molar-refractivity contribution in [3.05, 3.63) is 64.2 Å². The Kier molecular flexibility index (Phi) is 9.32. The maximum absolute atomic E-state index is 13.6. The predicted molar refractivity (Wildman–Crippen MR) is 140 cm³/mol. The summed E-state index contributed by atoms with van der Waals surface area (Å²) >= 11 is 6.34. The molecule has 0 aliphatic carbocycles. The Morgan fingerprint density at radius 2 is 1.66 bits per heavy atom. The Bertz CT molecular complexity index is 1060. The molecule has 0 spiro atoms. The van der Waals surface area contributed by atoms with Crippen molar-refractivity contribution in [1.82, 2.24) is 10.2 Å². The van der Waals surface area contributed by atoms with Gasteiger partial charge in [-0.1, -0.05) is 67.4 Å². The topological polar surface area (TPSA) is 87.7 Å². The number of aryl methyl sites for hydroxylation is 2. The molecule has 2 rings (SSSR count). The molecule has 2 aromatic carbocycles. The van der Waals surface area contributed by atoms with E-state index in [1.807, 2.05) is 52.0 Å². The minimum Gasteiger partial charge on any atom is -0.444 e. The smallest absolute Gasteiger partial charge is 0.408 e. The molecule has 0 heterocycles. The van der Waals surface area contributed by atoms with E-state index < -0.39 is 35.6 Å². The first-order valence-corrected chi connectivity index (χ1v) is 12.0. The van der Waals surface area contributed by atoms with Crippen LogP contribution in [-0.4, -0.2) is 41.5 Å². The minimum absolute atomic E-state index is 0.246.